The molecule has 0 spiro atoms. The molecule has 0 amide bonds. The van der Waals surface area contributed by atoms with Crippen LogP contribution >= 0.6 is 11.8 Å². The molecule has 1 heteroatoms. The summed E-state index contributed by atoms with van der Waals surface area (Å²) in [6.07, 6.45) is 9.43. The molecule has 72 valence electrons. The van der Waals surface area contributed by atoms with E-state index in [4.69, 9.17) is 0 Å². The molecule has 1 unspecified atom stereocenters. The van der Waals surface area contributed by atoms with E-state index in [0.29, 0.717) is 4.75 Å². The van der Waals surface area contributed by atoms with Crippen molar-refractivity contribution in [3.05, 3.63) is 38.0 Å². The number of thioether (sulfide) groups is 1. The molecule has 1 aliphatic rings. The van der Waals surface area contributed by atoms with Gasteiger partial charge in [-0.3, -0.25) is 0 Å². The van der Waals surface area contributed by atoms with Crippen molar-refractivity contribution in [3.63, 3.8) is 0 Å². The zero-order valence-corrected chi connectivity index (χ0v) is 8.98. The lowest BCUT2D eigenvalue weighted by molar-refractivity contribution is 0.383. The Morgan fingerprint density at radius 1 is 1.15 bits per heavy atom. The lowest BCUT2D eigenvalue weighted by Gasteiger charge is -2.48. The minimum Gasteiger partial charge on any atom is -0.154 e. The van der Waals surface area contributed by atoms with Crippen molar-refractivity contribution in [1.29, 1.82) is 0 Å². The molecular weight excluding hydrogens is 176 g/mol. The van der Waals surface area contributed by atoms with E-state index in [2.05, 4.69) is 31.5 Å². The lowest BCUT2D eigenvalue weighted by atomic mass is 9.83. The van der Waals surface area contributed by atoms with Crippen molar-refractivity contribution < 1.29 is 0 Å². The topological polar surface area (TPSA) is 0 Å². The first-order valence-electron chi connectivity index (χ1n) is 4.75. The van der Waals surface area contributed by atoms with Crippen LogP contribution < -0.4 is 0 Å². The molecule has 0 aromatic carbocycles. The molecular formula is C12H18S. The zero-order valence-electron chi connectivity index (χ0n) is 8.17. The summed E-state index contributed by atoms with van der Waals surface area (Å²) in [5.41, 5.74) is 0. The largest absolute Gasteiger partial charge is 0.154 e. The maximum absolute atomic E-state index is 3.83. The molecule has 1 atom stereocenters. The van der Waals surface area contributed by atoms with Crippen LogP contribution in [0.4, 0.5) is 0 Å². The summed E-state index contributed by atoms with van der Waals surface area (Å²) in [6, 6.07) is 0. The third kappa shape index (κ3) is 2.08. The van der Waals surface area contributed by atoms with Gasteiger partial charge in [-0.25, -0.2) is 0 Å². The van der Waals surface area contributed by atoms with Gasteiger partial charge in [0.05, 0.1) is 0 Å². The van der Waals surface area contributed by atoms with Crippen molar-refractivity contribution in [2.45, 2.75) is 24.0 Å². The Balaban J connectivity index is 2.60. The summed E-state index contributed by atoms with van der Waals surface area (Å²) >= 11 is 2.06. The number of hydrogen-bond acceptors (Lipinski definition) is 1. The molecule has 13 heavy (non-hydrogen) atoms. The van der Waals surface area contributed by atoms with Crippen LogP contribution in [0.5, 0.6) is 0 Å². The minimum absolute atomic E-state index is 0.400. The average molecular weight is 194 g/mol. The van der Waals surface area contributed by atoms with Gasteiger partial charge in [0.15, 0.2) is 0 Å². The third-order valence-corrected chi connectivity index (χ3v) is 4.56. The molecule has 1 saturated heterocycles. The highest BCUT2D eigenvalue weighted by Gasteiger charge is 2.44. The molecule has 0 radical (unpaired) electrons. The molecule has 0 bridgehead atoms. The van der Waals surface area contributed by atoms with Crippen molar-refractivity contribution in [3.8, 4) is 0 Å². The van der Waals surface area contributed by atoms with Gasteiger partial charge in [-0.05, 0) is 30.9 Å². The van der Waals surface area contributed by atoms with Gasteiger partial charge >= 0.3 is 0 Å². The Morgan fingerprint density at radius 2 is 1.77 bits per heavy atom. The van der Waals surface area contributed by atoms with Crippen LogP contribution in [-0.2, 0) is 0 Å². The second-order valence-corrected chi connectivity index (χ2v) is 5.02. The Kier molecular flexibility index (Phi) is 3.86. The zero-order chi connectivity index (χ0) is 9.73. The molecule has 0 saturated carbocycles. The fraction of sp³-hybridized carbons (Fsp3) is 0.500. The number of hydrogen-bond donors (Lipinski definition) is 0. The summed E-state index contributed by atoms with van der Waals surface area (Å²) in [4.78, 5) is 0. The van der Waals surface area contributed by atoms with Gasteiger partial charge in [0.2, 0.25) is 0 Å². The van der Waals surface area contributed by atoms with Crippen molar-refractivity contribution in [1.82, 2.24) is 0 Å². The second kappa shape index (κ2) is 4.71. The van der Waals surface area contributed by atoms with Crippen LogP contribution in [0.3, 0.4) is 0 Å². The molecule has 0 aliphatic carbocycles. The SMILES string of the molecule is C=CCC1CSC1(CC=C)CC=C. The number of rotatable bonds is 6. The second-order valence-electron chi connectivity index (χ2n) is 3.58. The highest BCUT2D eigenvalue weighted by Crippen LogP contribution is 2.52. The van der Waals surface area contributed by atoms with Gasteiger partial charge in [0.25, 0.3) is 0 Å². The van der Waals surface area contributed by atoms with E-state index < -0.39 is 0 Å². The summed E-state index contributed by atoms with van der Waals surface area (Å²) in [5.74, 6) is 2.05. The fourth-order valence-electron chi connectivity index (χ4n) is 1.94. The van der Waals surface area contributed by atoms with Crippen molar-refractivity contribution in [2.75, 3.05) is 5.75 Å². The standard InChI is InChI=1S/C12H18S/c1-4-7-11-10-13-12(11,8-5-2)9-6-3/h4-6,11H,1-3,7-10H2. The fourth-order valence-corrected chi connectivity index (χ4v) is 3.52. The van der Waals surface area contributed by atoms with Gasteiger partial charge < -0.3 is 0 Å². The first kappa shape index (κ1) is 10.6. The van der Waals surface area contributed by atoms with Gasteiger partial charge in [0.1, 0.15) is 0 Å². The highest BCUT2D eigenvalue weighted by molar-refractivity contribution is 8.02. The summed E-state index contributed by atoms with van der Waals surface area (Å²) < 4.78 is 0.400. The van der Waals surface area contributed by atoms with E-state index in [-0.39, 0.29) is 0 Å². The Bertz CT molecular complexity index is 195. The maximum atomic E-state index is 3.83. The van der Waals surface area contributed by atoms with E-state index in [9.17, 15) is 0 Å². The van der Waals surface area contributed by atoms with Gasteiger partial charge in [-0.1, -0.05) is 18.2 Å². The van der Waals surface area contributed by atoms with Gasteiger partial charge in [0, 0.05) is 4.75 Å². The van der Waals surface area contributed by atoms with E-state index in [1.165, 1.54) is 5.75 Å². The van der Waals surface area contributed by atoms with E-state index >= 15 is 0 Å². The molecule has 0 aromatic rings. The predicted molar refractivity (Wildman–Crippen MR) is 63.1 cm³/mol. The summed E-state index contributed by atoms with van der Waals surface area (Å²) in [5, 5.41) is 0. The van der Waals surface area contributed by atoms with Gasteiger partial charge in [-0.2, -0.15) is 11.8 Å². The van der Waals surface area contributed by atoms with Crippen LogP contribution in [0, 0.1) is 5.92 Å². The van der Waals surface area contributed by atoms with Gasteiger partial charge in [-0.15, -0.1) is 19.7 Å². The quantitative estimate of drug-likeness (QED) is 0.579. The van der Waals surface area contributed by atoms with Crippen LogP contribution in [0.2, 0.25) is 0 Å². The minimum atomic E-state index is 0.400. The molecule has 1 fully saturated rings. The Hall–Kier alpha value is -0.430. The third-order valence-electron chi connectivity index (χ3n) is 2.75. The smallest absolute Gasteiger partial charge is 0.0267 e. The predicted octanol–water partition coefficient (Wildman–Crippen LogP) is 3.82. The molecule has 1 rings (SSSR count). The normalized spacial score (nSPS) is 24.5. The first-order chi connectivity index (χ1) is 6.29. The van der Waals surface area contributed by atoms with Crippen LogP contribution in [0.25, 0.3) is 0 Å². The lowest BCUT2D eigenvalue weighted by Crippen LogP contribution is -2.44. The Labute approximate surface area is 85.8 Å². The van der Waals surface area contributed by atoms with Crippen LogP contribution in [0.15, 0.2) is 38.0 Å². The molecule has 1 heterocycles. The van der Waals surface area contributed by atoms with E-state index in [1.54, 1.807) is 0 Å². The van der Waals surface area contributed by atoms with E-state index in [1.807, 2.05) is 18.2 Å². The molecule has 0 N–H and O–H groups in total. The summed E-state index contributed by atoms with van der Waals surface area (Å²) in [6.45, 7) is 11.5. The molecule has 1 aliphatic heterocycles. The number of allylic oxidation sites excluding steroid dienone is 3. The van der Waals surface area contributed by atoms with Crippen LogP contribution in [0.1, 0.15) is 19.3 Å². The van der Waals surface area contributed by atoms with E-state index in [0.717, 1.165) is 25.2 Å². The summed E-state index contributed by atoms with van der Waals surface area (Å²) in [7, 11) is 0. The highest BCUT2D eigenvalue weighted by atomic mass is 32.2. The Morgan fingerprint density at radius 3 is 2.08 bits per heavy atom. The molecule has 0 aromatic heterocycles. The maximum Gasteiger partial charge on any atom is 0.0267 e. The average Bonchev–Trinajstić information content (AvgIpc) is 2.12. The van der Waals surface area contributed by atoms with Crippen molar-refractivity contribution in [2.24, 2.45) is 5.92 Å². The first-order valence-corrected chi connectivity index (χ1v) is 5.74. The van der Waals surface area contributed by atoms with Crippen LogP contribution in [-0.4, -0.2) is 10.5 Å². The molecule has 0 nitrogen and oxygen atoms in total. The monoisotopic (exact) mass is 194 g/mol. The van der Waals surface area contributed by atoms with Crippen molar-refractivity contribution >= 4 is 11.8 Å².